The molecule has 0 aliphatic rings. The molecule has 7 nitrogen and oxygen atoms in total. The number of alkyl halides is 3. The lowest BCUT2D eigenvalue weighted by Crippen LogP contribution is -2.25. The normalized spacial score (nSPS) is 11.8. The Balaban J connectivity index is 2.07. The number of anilines is 1. The SMILES string of the molecule is Cc1onc2c(=O)n(C)nc(C(=O)Nc3cc(C(F)(F)F)ccc3F)c12. The molecule has 0 bridgehead atoms. The standard InChI is InChI=1S/C15H10F4N4O3/c1-6-10-11(21-23(2)14(25)12(10)22-26-6)13(24)20-9-5-7(15(17,18)19)3-4-8(9)16/h3-5H,1-2H3,(H,20,24). The van der Waals surface area contributed by atoms with Crippen LogP contribution in [0.2, 0.25) is 0 Å². The van der Waals surface area contributed by atoms with Gasteiger partial charge in [0.05, 0.1) is 16.6 Å². The van der Waals surface area contributed by atoms with Gasteiger partial charge in [0.25, 0.3) is 11.5 Å². The van der Waals surface area contributed by atoms with Gasteiger partial charge >= 0.3 is 6.18 Å². The minimum Gasteiger partial charge on any atom is -0.360 e. The summed E-state index contributed by atoms with van der Waals surface area (Å²) in [5, 5.41) is 9.35. The Kier molecular flexibility index (Phi) is 4.01. The van der Waals surface area contributed by atoms with Gasteiger partial charge in [0.2, 0.25) is 0 Å². The molecular formula is C15H10F4N4O3. The summed E-state index contributed by atoms with van der Waals surface area (Å²) in [4.78, 5) is 24.4. The number of rotatable bonds is 2. The zero-order valence-corrected chi connectivity index (χ0v) is 13.3. The first-order valence-electron chi connectivity index (χ1n) is 7.11. The van der Waals surface area contributed by atoms with Gasteiger partial charge in [0.1, 0.15) is 11.6 Å². The Morgan fingerprint density at radius 1 is 1.31 bits per heavy atom. The van der Waals surface area contributed by atoms with Crippen LogP contribution >= 0.6 is 0 Å². The molecule has 0 saturated carbocycles. The minimum atomic E-state index is -4.71. The summed E-state index contributed by atoms with van der Waals surface area (Å²) in [6.45, 7) is 1.43. The summed E-state index contributed by atoms with van der Waals surface area (Å²) in [6.07, 6.45) is -4.71. The van der Waals surface area contributed by atoms with E-state index in [1.165, 1.54) is 14.0 Å². The van der Waals surface area contributed by atoms with E-state index in [-0.39, 0.29) is 22.4 Å². The van der Waals surface area contributed by atoms with Gasteiger partial charge in [-0.25, -0.2) is 9.07 Å². The summed E-state index contributed by atoms with van der Waals surface area (Å²) in [5.74, 6) is -1.97. The molecule has 1 amide bonds. The molecule has 3 rings (SSSR count). The van der Waals surface area contributed by atoms with Gasteiger partial charge in [-0.05, 0) is 25.1 Å². The molecule has 0 fully saturated rings. The first-order valence-corrected chi connectivity index (χ1v) is 7.11. The number of carbonyl (C=O) groups excluding carboxylic acids is 1. The van der Waals surface area contributed by atoms with Crippen molar-refractivity contribution in [1.29, 1.82) is 0 Å². The van der Waals surface area contributed by atoms with Crippen LogP contribution < -0.4 is 10.9 Å². The topological polar surface area (TPSA) is 90.0 Å². The van der Waals surface area contributed by atoms with Gasteiger partial charge in [-0.1, -0.05) is 5.16 Å². The molecule has 1 N–H and O–H groups in total. The zero-order chi connectivity index (χ0) is 19.2. The summed E-state index contributed by atoms with van der Waals surface area (Å²) in [7, 11) is 1.26. The Hall–Kier alpha value is -3.24. The fraction of sp³-hybridized carbons (Fsp3) is 0.200. The van der Waals surface area contributed by atoms with Gasteiger partial charge in [0.15, 0.2) is 11.2 Å². The van der Waals surface area contributed by atoms with E-state index in [1.807, 2.05) is 5.32 Å². The van der Waals surface area contributed by atoms with E-state index >= 15 is 0 Å². The maximum atomic E-state index is 13.8. The number of aryl methyl sites for hydroxylation is 2. The van der Waals surface area contributed by atoms with Crippen molar-refractivity contribution >= 4 is 22.5 Å². The molecule has 0 saturated heterocycles. The molecule has 2 heterocycles. The molecule has 2 aromatic heterocycles. The van der Waals surface area contributed by atoms with Crippen LogP contribution in [0.3, 0.4) is 0 Å². The van der Waals surface area contributed by atoms with Crippen LogP contribution in [0.5, 0.6) is 0 Å². The molecule has 26 heavy (non-hydrogen) atoms. The van der Waals surface area contributed by atoms with Crippen LogP contribution in [0.1, 0.15) is 21.8 Å². The van der Waals surface area contributed by atoms with Crippen LogP contribution in [0.15, 0.2) is 27.5 Å². The van der Waals surface area contributed by atoms with E-state index in [9.17, 15) is 27.2 Å². The number of amides is 1. The van der Waals surface area contributed by atoms with Crippen molar-refractivity contribution in [2.75, 3.05) is 5.32 Å². The maximum Gasteiger partial charge on any atom is 0.416 e. The Morgan fingerprint density at radius 2 is 2.00 bits per heavy atom. The lowest BCUT2D eigenvalue weighted by Gasteiger charge is -2.11. The van der Waals surface area contributed by atoms with E-state index < -0.39 is 34.7 Å². The zero-order valence-electron chi connectivity index (χ0n) is 13.3. The summed E-state index contributed by atoms with van der Waals surface area (Å²) < 4.78 is 57.8. The highest BCUT2D eigenvalue weighted by molar-refractivity contribution is 6.11. The molecule has 0 radical (unpaired) electrons. The molecule has 0 aliphatic carbocycles. The highest BCUT2D eigenvalue weighted by Gasteiger charge is 2.31. The lowest BCUT2D eigenvalue weighted by molar-refractivity contribution is -0.137. The van der Waals surface area contributed by atoms with E-state index in [1.54, 1.807) is 0 Å². The number of nitrogens with one attached hydrogen (secondary N) is 1. The molecule has 0 aliphatic heterocycles. The van der Waals surface area contributed by atoms with Gasteiger partial charge < -0.3 is 9.84 Å². The fourth-order valence-electron chi connectivity index (χ4n) is 2.33. The number of hydrogen-bond acceptors (Lipinski definition) is 5. The largest absolute Gasteiger partial charge is 0.416 e. The second-order valence-corrected chi connectivity index (χ2v) is 5.39. The Bertz CT molecular complexity index is 1080. The van der Waals surface area contributed by atoms with Crippen molar-refractivity contribution in [2.24, 2.45) is 7.05 Å². The fourth-order valence-corrected chi connectivity index (χ4v) is 2.33. The van der Waals surface area contributed by atoms with Gasteiger partial charge in [-0.2, -0.15) is 18.3 Å². The van der Waals surface area contributed by atoms with Gasteiger partial charge in [-0.3, -0.25) is 9.59 Å². The third-order valence-corrected chi connectivity index (χ3v) is 3.60. The second kappa shape index (κ2) is 5.93. The van der Waals surface area contributed by atoms with Gasteiger partial charge in [-0.15, -0.1) is 0 Å². The number of hydrogen-bond donors (Lipinski definition) is 1. The van der Waals surface area contributed by atoms with E-state index in [0.717, 1.165) is 4.68 Å². The molecule has 0 spiro atoms. The van der Waals surface area contributed by atoms with Crippen LogP contribution in [0.4, 0.5) is 23.2 Å². The van der Waals surface area contributed by atoms with E-state index in [4.69, 9.17) is 4.52 Å². The van der Waals surface area contributed by atoms with Crippen molar-refractivity contribution in [3.8, 4) is 0 Å². The van der Waals surface area contributed by atoms with Crippen molar-refractivity contribution in [1.82, 2.24) is 14.9 Å². The number of carbonyl (C=O) groups is 1. The summed E-state index contributed by atoms with van der Waals surface area (Å²) in [6, 6.07) is 1.61. The van der Waals surface area contributed by atoms with Crippen LogP contribution in [0, 0.1) is 12.7 Å². The van der Waals surface area contributed by atoms with Crippen molar-refractivity contribution in [3.05, 3.63) is 51.4 Å². The van der Waals surface area contributed by atoms with Crippen molar-refractivity contribution in [3.63, 3.8) is 0 Å². The Morgan fingerprint density at radius 3 is 2.65 bits per heavy atom. The van der Waals surface area contributed by atoms with Crippen LogP contribution in [-0.2, 0) is 13.2 Å². The van der Waals surface area contributed by atoms with Crippen LogP contribution in [-0.4, -0.2) is 20.8 Å². The average molecular weight is 370 g/mol. The number of benzene rings is 1. The van der Waals surface area contributed by atoms with Gasteiger partial charge in [0, 0.05) is 7.05 Å². The highest BCUT2D eigenvalue weighted by atomic mass is 19.4. The highest BCUT2D eigenvalue weighted by Crippen LogP contribution is 2.32. The average Bonchev–Trinajstić information content (AvgIpc) is 2.94. The summed E-state index contributed by atoms with van der Waals surface area (Å²) >= 11 is 0. The van der Waals surface area contributed by atoms with Crippen LogP contribution in [0.25, 0.3) is 10.9 Å². The van der Waals surface area contributed by atoms with E-state index in [0.29, 0.717) is 18.2 Å². The predicted molar refractivity (Wildman–Crippen MR) is 81.1 cm³/mol. The molecule has 11 heteroatoms. The first kappa shape index (κ1) is 17.6. The third-order valence-electron chi connectivity index (χ3n) is 3.60. The quantitative estimate of drug-likeness (QED) is 0.701. The molecule has 1 aromatic carbocycles. The third kappa shape index (κ3) is 2.91. The maximum absolute atomic E-state index is 13.8. The number of fused-ring (bicyclic) bond motifs is 1. The lowest BCUT2D eigenvalue weighted by atomic mass is 10.1. The number of nitrogens with zero attached hydrogens (tertiary/aromatic N) is 3. The van der Waals surface area contributed by atoms with Crippen molar-refractivity contribution in [2.45, 2.75) is 13.1 Å². The smallest absolute Gasteiger partial charge is 0.360 e. The Labute approximate surface area is 142 Å². The van der Waals surface area contributed by atoms with Crippen molar-refractivity contribution < 1.29 is 26.9 Å². The molecule has 0 unspecified atom stereocenters. The number of halogens is 4. The monoisotopic (exact) mass is 370 g/mol. The predicted octanol–water partition coefficient (Wildman–Crippen LogP) is 2.64. The second-order valence-electron chi connectivity index (χ2n) is 5.39. The summed E-state index contributed by atoms with van der Waals surface area (Å²) in [5.41, 5.74) is -2.94. The van der Waals surface area contributed by atoms with E-state index in [2.05, 4.69) is 10.3 Å². The molecule has 0 atom stereocenters. The minimum absolute atomic E-state index is 0.00187. The number of aromatic nitrogens is 3. The molecule has 136 valence electrons. The molecular weight excluding hydrogens is 360 g/mol. The molecule has 3 aromatic rings. The first-order chi connectivity index (χ1) is 12.1.